The van der Waals surface area contributed by atoms with Crippen molar-refractivity contribution in [1.29, 1.82) is 0 Å². The molecule has 0 atom stereocenters. The summed E-state index contributed by atoms with van der Waals surface area (Å²) >= 11 is -0.556. The average Bonchev–Trinajstić information content (AvgIpc) is 2.93. The fourth-order valence-corrected chi connectivity index (χ4v) is 5.33. The maximum atomic E-state index is 6.94. The van der Waals surface area contributed by atoms with Crippen molar-refractivity contribution in [3.8, 4) is 0 Å². The van der Waals surface area contributed by atoms with Crippen molar-refractivity contribution in [2.24, 2.45) is 0 Å². The fourth-order valence-electron chi connectivity index (χ4n) is 1.54. The van der Waals surface area contributed by atoms with Crippen LogP contribution in [0.4, 0.5) is 0 Å². The maximum absolute atomic E-state index is 6.94. The first-order valence-corrected chi connectivity index (χ1v) is 17.7. The molecule has 0 amide bonds. The van der Waals surface area contributed by atoms with Crippen LogP contribution in [0.3, 0.4) is 0 Å². The summed E-state index contributed by atoms with van der Waals surface area (Å²) < 4.78 is 10.6. The van der Waals surface area contributed by atoms with Crippen LogP contribution in [0.15, 0.2) is 42.5 Å². The van der Waals surface area contributed by atoms with Crippen LogP contribution < -0.4 is 0 Å². The van der Waals surface area contributed by atoms with Gasteiger partial charge in [0.25, 0.3) is 0 Å². The van der Waals surface area contributed by atoms with Gasteiger partial charge in [0.05, 0.1) is 0 Å². The molecule has 0 aliphatic rings. The molecule has 0 aliphatic heterocycles. The second-order valence-corrected chi connectivity index (χ2v) is 16.4. The Labute approximate surface area is 179 Å². The Morgan fingerprint density at radius 3 is 1.92 bits per heavy atom. The van der Waals surface area contributed by atoms with Crippen molar-refractivity contribution in [3.63, 3.8) is 0 Å². The molecule has 26 heavy (non-hydrogen) atoms. The predicted molar refractivity (Wildman–Crippen MR) is 118 cm³/mol. The number of hydrogen-bond acceptors (Lipinski definition) is 2. The molecule has 0 aliphatic carbocycles. The minimum absolute atomic E-state index is 0.250. The van der Waals surface area contributed by atoms with E-state index in [4.69, 9.17) is 32.9 Å². The van der Waals surface area contributed by atoms with Crippen LogP contribution in [0, 0.1) is 0 Å². The molecule has 0 spiro atoms. The fraction of sp³-hybridized carbons (Fsp3) is 0.500. The Morgan fingerprint density at radius 2 is 1.58 bits per heavy atom. The van der Waals surface area contributed by atoms with E-state index in [9.17, 15) is 0 Å². The smallest absolute Gasteiger partial charge is 0.0809 e. The zero-order chi connectivity index (χ0) is 20.8. The quantitative estimate of drug-likeness (QED) is 0.348. The van der Waals surface area contributed by atoms with Gasteiger partial charge in [0, 0.05) is 7.11 Å². The topological polar surface area (TPSA) is 42.3 Å². The maximum Gasteiger partial charge on any atom is -0.0809 e. The first kappa shape index (κ1) is 28.6. The molecule has 2 rings (SSSR count). The third kappa shape index (κ3) is 22.5. The Kier molecular flexibility index (Phi) is 16.9. The number of benzene rings is 1. The third-order valence-corrected chi connectivity index (χ3v) is 6.46. The monoisotopic (exact) mass is 468 g/mol. The summed E-state index contributed by atoms with van der Waals surface area (Å²) in [5.74, 6) is 0. The second kappa shape index (κ2) is 15.4. The molecule has 0 bridgehead atoms. The minimum Gasteiger partial charge on any atom is -0.168 e. The van der Waals surface area contributed by atoms with E-state index in [1.807, 2.05) is 27.3 Å². The molecule has 1 radical (unpaired) electrons. The number of rotatable bonds is 3. The zero-order valence-electron chi connectivity index (χ0n) is 17.1. The Morgan fingerprint density at radius 1 is 1.12 bits per heavy atom. The van der Waals surface area contributed by atoms with E-state index in [0.29, 0.717) is 0 Å². The summed E-state index contributed by atoms with van der Waals surface area (Å²) in [6, 6.07) is 14.7. The average molecular weight is 469 g/mol. The Hall–Kier alpha value is 0.438. The number of hydrogen-bond donors (Lipinski definition) is 0. The minimum atomic E-state index is -1.32. The van der Waals surface area contributed by atoms with E-state index >= 15 is 0 Å². The van der Waals surface area contributed by atoms with Crippen LogP contribution in [0.1, 0.15) is 20.8 Å². The van der Waals surface area contributed by atoms with Crippen molar-refractivity contribution in [2.75, 3.05) is 7.11 Å². The van der Waals surface area contributed by atoms with Gasteiger partial charge >= 0.3 is 44.9 Å². The predicted octanol–water partition coefficient (Wildman–Crippen LogP) is 7.37. The Balaban J connectivity index is 0. The molecule has 0 unspecified atom stereocenters. The molecular formula is C18H32Cl2NO2Si2Ti-2. The van der Waals surface area contributed by atoms with Crippen LogP contribution in [0.2, 0.25) is 26.2 Å². The van der Waals surface area contributed by atoms with Crippen LogP contribution in [-0.4, -0.2) is 30.2 Å². The van der Waals surface area contributed by atoms with E-state index in [0.717, 1.165) is 0 Å². The summed E-state index contributed by atoms with van der Waals surface area (Å²) in [6.45, 7) is 14.1. The number of halogens is 2. The van der Waals surface area contributed by atoms with Crippen LogP contribution in [0.25, 0.3) is 16.5 Å². The van der Waals surface area contributed by atoms with Crippen molar-refractivity contribution >= 4 is 47.0 Å². The summed E-state index contributed by atoms with van der Waals surface area (Å²) in [7, 11) is 9.23. The van der Waals surface area contributed by atoms with E-state index in [1.54, 1.807) is 7.11 Å². The largest absolute Gasteiger partial charge is 0.168 e. The van der Waals surface area contributed by atoms with Crippen LogP contribution in [-0.2, 0) is 25.6 Å². The first-order valence-electron chi connectivity index (χ1n) is 8.22. The van der Waals surface area contributed by atoms with Crippen molar-refractivity contribution in [3.05, 3.63) is 48.2 Å². The van der Waals surface area contributed by atoms with Crippen LogP contribution >= 0.6 is 18.6 Å². The first-order chi connectivity index (χ1) is 11.8. The van der Waals surface area contributed by atoms with Crippen molar-refractivity contribution < 1.29 is 25.6 Å². The standard InChI is InChI=1S/C9H7.C5H15O2Si2.C4H10N.2ClH.Ti/c1-2-5-9-7-3-6-8(9)4-1;1-6-8(2)7-9(3,4)5;1-4(2,3)5;;;/h1-7H;1-5H3;5H,1-3H3;2*1H;/q-1;;-1;;;+2/p-2. The number of nitrogens with one attached hydrogen (secondary N) is 1. The molecule has 0 fully saturated rings. The van der Waals surface area contributed by atoms with Gasteiger partial charge in [-0.15, -0.1) is 35.2 Å². The molecule has 1 N–H and O–H groups in total. The van der Waals surface area contributed by atoms with E-state index in [2.05, 4.69) is 62.1 Å². The van der Waals surface area contributed by atoms with Gasteiger partial charge in [0.2, 0.25) is 0 Å². The van der Waals surface area contributed by atoms with E-state index in [-0.39, 0.29) is 5.54 Å². The molecular weight excluding hydrogens is 437 g/mol. The summed E-state index contributed by atoms with van der Waals surface area (Å²) in [6.07, 6.45) is 0. The normalized spacial score (nSPS) is 10.8. The van der Waals surface area contributed by atoms with Gasteiger partial charge < -0.3 is 14.3 Å². The van der Waals surface area contributed by atoms with Gasteiger partial charge in [0.15, 0.2) is 8.32 Å². The molecule has 0 heterocycles. The third-order valence-electron chi connectivity index (χ3n) is 2.28. The van der Waals surface area contributed by atoms with Crippen molar-refractivity contribution in [2.45, 2.75) is 52.5 Å². The van der Waals surface area contributed by atoms with E-state index in [1.165, 1.54) is 10.8 Å². The van der Waals surface area contributed by atoms with Gasteiger partial charge in [-0.1, -0.05) is 26.8 Å². The summed E-state index contributed by atoms with van der Waals surface area (Å²) in [4.78, 5) is 0. The molecule has 149 valence electrons. The van der Waals surface area contributed by atoms with Gasteiger partial charge in [-0.05, 0) is 26.2 Å². The molecule has 0 aromatic heterocycles. The Bertz CT molecular complexity index is 536. The summed E-state index contributed by atoms with van der Waals surface area (Å²) in [5, 5.41) is 2.66. The molecule has 2 aromatic rings. The molecule has 0 saturated heterocycles. The molecule has 3 nitrogen and oxygen atoms in total. The molecule has 8 heteroatoms. The van der Waals surface area contributed by atoms with E-state index < -0.39 is 34.6 Å². The van der Waals surface area contributed by atoms with Gasteiger partial charge in [-0.3, -0.25) is 0 Å². The summed E-state index contributed by atoms with van der Waals surface area (Å²) in [5.41, 5.74) is 6.69. The molecule has 0 saturated carbocycles. The molecule has 2 aromatic carbocycles. The van der Waals surface area contributed by atoms with Crippen LogP contribution in [0.5, 0.6) is 0 Å². The zero-order valence-corrected chi connectivity index (χ0v) is 22.2. The van der Waals surface area contributed by atoms with Gasteiger partial charge in [0.1, 0.15) is 0 Å². The van der Waals surface area contributed by atoms with Gasteiger partial charge in [-0.25, -0.2) is 0 Å². The number of fused-ring (bicyclic) bond motifs is 1. The SMILES string of the molecule is CC(C)(C)[NH-].CO[Si](C)O[Si](C)(C)C.[Cl][Ti][Cl].c1ccc2[cH-]ccc2c1. The van der Waals surface area contributed by atoms with Gasteiger partial charge in [-0.2, -0.15) is 17.5 Å². The van der Waals surface area contributed by atoms with Crippen molar-refractivity contribution in [1.82, 2.24) is 0 Å². The second-order valence-electron chi connectivity index (χ2n) is 7.39.